The van der Waals surface area contributed by atoms with Crippen LogP contribution in [0.15, 0.2) is 15.1 Å². The van der Waals surface area contributed by atoms with E-state index in [9.17, 15) is 4.79 Å². The molecule has 0 spiro atoms. The molecule has 8 heteroatoms. The van der Waals surface area contributed by atoms with Crippen LogP contribution in [-0.4, -0.2) is 45.7 Å². The molecule has 0 aliphatic carbocycles. The van der Waals surface area contributed by atoms with E-state index >= 15 is 0 Å². The van der Waals surface area contributed by atoms with Crippen LogP contribution in [-0.2, 0) is 4.79 Å². The molecule has 3 heterocycles. The molecule has 0 radical (unpaired) electrons. The van der Waals surface area contributed by atoms with Crippen molar-refractivity contribution >= 4 is 11.7 Å². The summed E-state index contributed by atoms with van der Waals surface area (Å²) in [7, 11) is 0. The molecule has 2 aromatic heterocycles. The van der Waals surface area contributed by atoms with Crippen molar-refractivity contribution < 1.29 is 13.8 Å². The number of aromatic nitrogens is 3. The van der Waals surface area contributed by atoms with Gasteiger partial charge in [0, 0.05) is 17.9 Å². The Kier molecular flexibility index (Phi) is 4.94. The van der Waals surface area contributed by atoms with Gasteiger partial charge < -0.3 is 14.4 Å². The van der Waals surface area contributed by atoms with Crippen molar-refractivity contribution in [2.45, 2.75) is 45.4 Å². The highest BCUT2D eigenvalue weighted by Gasteiger charge is 2.26. The van der Waals surface area contributed by atoms with E-state index in [1.54, 1.807) is 13.0 Å². The number of rotatable bonds is 5. The number of anilines is 1. The molecule has 1 N–H and O–H groups in total. The Bertz CT molecular complexity index is 685. The van der Waals surface area contributed by atoms with Crippen molar-refractivity contribution in [1.82, 2.24) is 20.2 Å². The van der Waals surface area contributed by atoms with Gasteiger partial charge in [-0.1, -0.05) is 24.2 Å². The topological polar surface area (TPSA) is 97.3 Å². The molecule has 24 heavy (non-hydrogen) atoms. The highest BCUT2D eigenvalue weighted by molar-refractivity contribution is 5.91. The van der Waals surface area contributed by atoms with Crippen molar-refractivity contribution in [2.24, 2.45) is 0 Å². The molecule has 0 atom stereocenters. The zero-order valence-corrected chi connectivity index (χ0v) is 14.3. The summed E-state index contributed by atoms with van der Waals surface area (Å²) in [6.07, 6.45) is 1.83. The van der Waals surface area contributed by atoms with Crippen molar-refractivity contribution in [1.29, 1.82) is 0 Å². The van der Waals surface area contributed by atoms with Gasteiger partial charge in [-0.2, -0.15) is 4.98 Å². The van der Waals surface area contributed by atoms with E-state index in [1.165, 1.54) is 0 Å². The summed E-state index contributed by atoms with van der Waals surface area (Å²) < 4.78 is 10.3. The normalized spacial score (nSPS) is 16.7. The number of piperidine rings is 1. The SMILES string of the molecule is Cc1cc(NC(=O)CN2CCC(c3nc(C(C)C)no3)CC2)no1. The molecule has 1 amide bonds. The molecule has 3 rings (SSSR count). The van der Waals surface area contributed by atoms with Crippen molar-refractivity contribution in [3.63, 3.8) is 0 Å². The quantitative estimate of drug-likeness (QED) is 0.896. The van der Waals surface area contributed by atoms with E-state index in [0.29, 0.717) is 18.1 Å². The Morgan fingerprint density at radius 3 is 2.67 bits per heavy atom. The smallest absolute Gasteiger partial charge is 0.239 e. The lowest BCUT2D eigenvalue weighted by molar-refractivity contribution is -0.117. The molecule has 1 fully saturated rings. The van der Waals surface area contributed by atoms with Crippen LogP contribution in [0.2, 0.25) is 0 Å². The number of likely N-dealkylation sites (tertiary alicyclic amines) is 1. The zero-order valence-electron chi connectivity index (χ0n) is 14.3. The summed E-state index contributed by atoms with van der Waals surface area (Å²) in [5.41, 5.74) is 0. The summed E-state index contributed by atoms with van der Waals surface area (Å²) in [5, 5.41) is 10.5. The molecule has 0 aromatic carbocycles. The lowest BCUT2D eigenvalue weighted by atomic mass is 9.97. The van der Waals surface area contributed by atoms with Crippen LogP contribution in [0.25, 0.3) is 0 Å². The second kappa shape index (κ2) is 7.12. The van der Waals surface area contributed by atoms with Crippen LogP contribution in [0, 0.1) is 6.92 Å². The Morgan fingerprint density at radius 2 is 2.08 bits per heavy atom. The first kappa shape index (κ1) is 16.6. The monoisotopic (exact) mass is 333 g/mol. The molecule has 1 aliphatic rings. The zero-order chi connectivity index (χ0) is 17.1. The van der Waals surface area contributed by atoms with Gasteiger partial charge in [-0.15, -0.1) is 0 Å². The average Bonchev–Trinajstić information content (AvgIpc) is 3.17. The Balaban J connectivity index is 1.47. The van der Waals surface area contributed by atoms with Gasteiger partial charge in [0.25, 0.3) is 0 Å². The number of carbonyl (C=O) groups excluding carboxylic acids is 1. The van der Waals surface area contributed by atoms with Crippen LogP contribution in [0.1, 0.15) is 56.0 Å². The maximum absolute atomic E-state index is 12.0. The number of nitrogens with zero attached hydrogens (tertiary/aromatic N) is 4. The third kappa shape index (κ3) is 4.00. The first-order valence-electron chi connectivity index (χ1n) is 8.30. The van der Waals surface area contributed by atoms with Crippen LogP contribution >= 0.6 is 0 Å². The highest BCUT2D eigenvalue weighted by Crippen LogP contribution is 2.27. The number of aryl methyl sites for hydroxylation is 1. The van der Waals surface area contributed by atoms with Gasteiger partial charge in [0.2, 0.25) is 11.8 Å². The van der Waals surface area contributed by atoms with E-state index in [4.69, 9.17) is 9.05 Å². The molecule has 0 saturated carbocycles. The molecule has 0 unspecified atom stereocenters. The maximum atomic E-state index is 12.0. The maximum Gasteiger partial charge on any atom is 0.239 e. The number of nitrogens with one attached hydrogen (secondary N) is 1. The van der Waals surface area contributed by atoms with Gasteiger partial charge in [0.05, 0.1) is 6.54 Å². The Morgan fingerprint density at radius 1 is 1.33 bits per heavy atom. The molecule has 8 nitrogen and oxygen atoms in total. The fourth-order valence-corrected chi connectivity index (χ4v) is 2.80. The van der Waals surface area contributed by atoms with Gasteiger partial charge in [-0.05, 0) is 32.9 Å². The number of carbonyl (C=O) groups is 1. The van der Waals surface area contributed by atoms with Gasteiger partial charge in [-0.3, -0.25) is 9.69 Å². The Hall–Kier alpha value is -2.22. The second-order valence-electron chi connectivity index (χ2n) is 6.57. The van der Waals surface area contributed by atoms with Crippen LogP contribution in [0.3, 0.4) is 0 Å². The third-order valence-corrected chi connectivity index (χ3v) is 4.17. The molecular formula is C16H23N5O3. The lowest BCUT2D eigenvalue weighted by Gasteiger charge is -2.29. The fraction of sp³-hybridized carbons (Fsp3) is 0.625. The molecule has 130 valence electrons. The van der Waals surface area contributed by atoms with Crippen molar-refractivity contribution in [3.8, 4) is 0 Å². The first-order chi connectivity index (χ1) is 11.5. The van der Waals surface area contributed by atoms with Gasteiger partial charge >= 0.3 is 0 Å². The van der Waals surface area contributed by atoms with Crippen LogP contribution in [0.4, 0.5) is 5.82 Å². The molecule has 1 aliphatic heterocycles. The summed E-state index contributed by atoms with van der Waals surface area (Å²) in [5.74, 6) is 3.08. The van der Waals surface area contributed by atoms with Gasteiger partial charge in [-0.25, -0.2) is 0 Å². The Labute approximate surface area is 140 Å². The summed E-state index contributed by atoms with van der Waals surface area (Å²) in [6.45, 7) is 7.89. The summed E-state index contributed by atoms with van der Waals surface area (Å²) >= 11 is 0. The van der Waals surface area contributed by atoms with Gasteiger partial charge in [0.15, 0.2) is 11.6 Å². The predicted molar refractivity (Wildman–Crippen MR) is 86.7 cm³/mol. The molecule has 1 saturated heterocycles. The largest absolute Gasteiger partial charge is 0.360 e. The standard InChI is InChI=1S/C16H23N5O3/c1-10(2)15-18-16(24-20-15)12-4-6-21(7-5-12)9-14(22)17-13-8-11(3)23-19-13/h8,10,12H,4-7,9H2,1-3H3,(H,17,19,22). The number of hydrogen-bond acceptors (Lipinski definition) is 7. The predicted octanol–water partition coefficient (Wildman–Crippen LogP) is 2.31. The van der Waals surface area contributed by atoms with E-state index in [2.05, 4.69) is 25.5 Å². The van der Waals surface area contributed by atoms with Gasteiger partial charge in [0.1, 0.15) is 5.76 Å². The number of amides is 1. The molecular weight excluding hydrogens is 310 g/mol. The van der Waals surface area contributed by atoms with E-state index in [1.807, 2.05) is 13.8 Å². The number of hydrogen-bond donors (Lipinski definition) is 1. The summed E-state index contributed by atoms with van der Waals surface area (Å²) in [6, 6.07) is 1.70. The summed E-state index contributed by atoms with van der Waals surface area (Å²) in [4.78, 5) is 18.7. The average molecular weight is 333 g/mol. The van der Waals surface area contributed by atoms with Crippen molar-refractivity contribution in [2.75, 3.05) is 25.0 Å². The van der Waals surface area contributed by atoms with Crippen LogP contribution in [0.5, 0.6) is 0 Å². The lowest BCUT2D eigenvalue weighted by Crippen LogP contribution is -2.38. The molecule has 0 bridgehead atoms. The first-order valence-corrected chi connectivity index (χ1v) is 8.30. The van der Waals surface area contributed by atoms with E-state index in [0.717, 1.165) is 37.6 Å². The fourth-order valence-electron chi connectivity index (χ4n) is 2.80. The third-order valence-electron chi connectivity index (χ3n) is 4.17. The van der Waals surface area contributed by atoms with E-state index < -0.39 is 0 Å². The minimum absolute atomic E-state index is 0.0818. The molecule has 2 aromatic rings. The van der Waals surface area contributed by atoms with Crippen molar-refractivity contribution in [3.05, 3.63) is 23.5 Å². The highest BCUT2D eigenvalue weighted by atomic mass is 16.5. The minimum Gasteiger partial charge on any atom is -0.360 e. The van der Waals surface area contributed by atoms with E-state index in [-0.39, 0.29) is 17.7 Å². The van der Waals surface area contributed by atoms with Crippen LogP contribution < -0.4 is 5.32 Å². The second-order valence-corrected chi connectivity index (χ2v) is 6.57. The minimum atomic E-state index is -0.0818.